The second-order valence-electron chi connectivity index (χ2n) is 6.84. The lowest BCUT2D eigenvalue weighted by Gasteiger charge is -2.11. The van der Waals surface area contributed by atoms with Crippen molar-refractivity contribution in [1.29, 1.82) is 0 Å². The molecule has 0 radical (unpaired) electrons. The number of carbonyl (C=O) groups is 3. The van der Waals surface area contributed by atoms with Crippen molar-refractivity contribution in [3.63, 3.8) is 0 Å². The van der Waals surface area contributed by atoms with Gasteiger partial charge in [0.2, 0.25) is 0 Å². The molecule has 0 saturated carbocycles. The lowest BCUT2D eigenvalue weighted by molar-refractivity contribution is -0.141. The molecular weight excluding hydrogens is 390 g/mol. The van der Waals surface area contributed by atoms with E-state index in [2.05, 4.69) is 15.6 Å². The van der Waals surface area contributed by atoms with Crippen LogP contribution in [-0.2, 0) is 27.3 Å². The molecule has 9 heteroatoms. The number of H-pyrrole nitrogens is 1. The first-order valence-corrected chi connectivity index (χ1v) is 9.20. The van der Waals surface area contributed by atoms with Crippen LogP contribution in [0, 0.1) is 0 Å². The summed E-state index contributed by atoms with van der Waals surface area (Å²) in [6, 6.07) is 11.8. The quantitative estimate of drug-likeness (QED) is 0.476. The maximum atomic E-state index is 12.3. The third-order valence-corrected chi connectivity index (χ3v) is 4.93. The first-order valence-electron chi connectivity index (χ1n) is 9.20. The van der Waals surface area contributed by atoms with E-state index in [0.717, 1.165) is 11.1 Å². The molecule has 30 heavy (non-hydrogen) atoms. The molecule has 1 atom stereocenters. The summed E-state index contributed by atoms with van der Waals surface area (Å²) in [6.07, 6.45) is -0.345. The molecule has 1 aliphatic rings. The van der Waals surface area contributed by atoms with E-state index in [4.69, 9.17) is 9.47 Å². The van der Waals surface area contributed by atoms with E-state index in [1.807, 2.05) is 30.3 Å². The summed E-state index contributed by atoms with van der Waals surface area (Å²) in [7, 11) is 1.30. The second kappa shape index (κ2) is 7.78. The van der Waals surface area contributed by atoms with Crippen molar-refractivity contribution in [1.82, 2.24) is 4.98 Å². The summed E-state index contributed by atoms with van der Waals surface area (Å²) in [5, 5.41) is 15.7. The van der Waals surface area contributed by atoms with E-state index in [9.17, 15) is 19.5 Å². The van der Waals surface area contributed by atoms with Crippen LogP contribution < -0.4 is 10.6 Å². The highest BCUT2D eigenvalue weighted by molar-refractivity contribution is 6.07. The number of hydrogen-bond donors (Lipinski definition) is 4. The summed E-state index contributed by atoms with van der Waals surface area (Å²) in [5.41, 5.74) is 2.98. The molecule has 1 amide bonds. The number of rotatable bonds is 5. The van der Waals surface area contributed by atoms with Crippen LogP contribution in [0.15, 0.2) is 42.5 Å². The van der Waals surface area contributed by atoms with Crippen molar-refractivity contribution in [3.05, 3.63) is 59.3 Å². The van der Waals surface area contributed by atoms with E-state index in [1.165, 1.54) is 13.2 Å². The van der Waals surface area contributed by atoms with Crippen molar-refractivity contribution in [2.45, 2.75) is 19.1 Å². The number of hydrogen-bond acceptors (Lipinski definition) is 6. The first kappa shape index (κ1) is 19.3. The molecule has 4 N–H and O–H groups in total. The minimum Gasteiger partial charge on any atom is -0.477 e. The van der Waals surface area contributed by atoms with Gasteiger partial charge in [0.1, 0.15) is 18.3 Å². The second-order valence-corrected chi connectivity index (χ2v) is 6.84. The topological polar surface area (TPSA) is 130 Å². The summed E-state index contributed by atoms with van der Waals surface area (Å²) in [6.45, 7) is 0.0918. The lowest BCUT2D eigenvalue weighted by atomic mass is 10.0. The Kier molecular flexibility index (Phi) is 5.01. The van der Waals surface area contributed by atoms with Gasteiger partial charge in [0, 0.05) is 17.5 Å². The number of carboxylic acids is 1. The van der Waals surface area contributed by atoms with Gasteiger partial charge in [-0.1, -0.05) is 30.3 Å². The summed E-state index contributed by atoms with van der Waals surface area (Å²) >= 11 is 0. The smallest absolute Gasteiger partial charge is 0.412 e. The molecule has 0 aliphatic carbocycles. The van der Waals surface area contributed by atoms with Crippen LogP contribution in [0.1, 0.15) is 21.6 Å². The van der Waals surface area contributed by atoms with Crippen molar-refractivity contribution < 1.29 is 29.0 Å². The number of carboxylic acid groups (broad SMARTS) is 1. The molecule has 0 saturated heterocycles. The molecule has 2 heterocycles. The maximum absolute atomic E-state index is 12.3. The van der Waals surface area contributed by atoms with Gasteiger partial charge in [-0.25, -0.2) is 14.4 Å². The molecule has 0 bridgehead atoms. The number of aromatic nitrogens is 1. The van der Waals surface area contributed by atoms with Gasteiger partial charge in [-0.3, -0.25) is 5.32 Å². The summed E-state index contributed by atoms with van der Waals surface area (Å²) in [4.78, 5) is 38.5. The predicted molar refractivity (Wildman–Crippen MR) is 109 cm³/mol. The number of benzene rings is 2. The Hall–Kier alpha value is -4.01. The van der Waals surface area contributed by atoms with E-state index in [-0.39, 0.29) is 12.3 Å². The van der Waals surface area contributed by atoms with Gasteiger partial charge in [0.15, 0.2) is 0 Å². The molecule has 9 nitrogen and oxygen atoms in total. The number of carbonyl (C=O) groups excluding carboxylic acids is 2. The molecule has 0 fully saturated rings. The Morgan fingerprint density at radius 1 is 1.20 bits per heavy atom. The number of nitrogens with one attached hydrogen (secondary N) is 3. The van der Waals surface area contributed by atoms with E-state index < -0.39 is 24.1 Å². The minimum atomic E-state index is -1.13. The summed E-state index contributed by atoms with van der Waals surface area (Å²) in [5.74, 6) is -1.56. The average Bonchev–Trinajstić information content (AvgIpc) is 3.37. The van der Waals surface area contributed by atoms with Crippen LogP contribution in [0.25, 0.3) is 10.9 Å². The van der Waals surface area contributed by atoms with Crippen molar-refractivity contribution in [2.75, 3.05) is 17.7 Å². The molecule has 3 aromatic rings. The van der Waals surface area contributed by atoms with Gasteiger partial charge in [0.25, 0.3) is 0 Å². The Morgan fingerprint density at radius 3 is 2.67 bits per heavy atom. The highest BCUT2D eigenvalue weighted by Gasteiger charge is 2.31. The Bertz CT molecular complexity index is 1140. The molecule has 0 spiro atoms. The molecule has 154 valence electrons. The Labute approximate surface area is 171 Å². The fourth-order valence-corrected chi connectivity index (χ4v) is 3.51. The van der Waals surface area contributed by atoms with Gasteiger partial charge < -0.3 is 24.9 Å². The number of aromatic amines is 1. The summed E-state index contributed by atoms with van der Waals surface area (Å²) < 4.78 is 10.1. The van der Waals surface area contributed by atoms with Crippen molar-refractivity contribution in [3.8, 4) is 0 Å². The SMILES string of the molecule is COC(=O)C1Cc2c(cc(NC(=O)OCc3ccccc3)c3[nH]c(C(=O)O)cc23)N1. The van der Waals surface area contributed by atoms with Gasteiger partial charge in [-0.15, -0.1) is 0 Å². The standard InChI is InChI=1S/C21H19N3O6/c1-29-20(27)17-7-12-13-8-16(19(25)26)23-18(13)15(9-14(12)22-17)24-21(28)30-10-11-5-3-2-4-6-11/h2-6,8-9,17,22-23H,7,10H2,1H3,(H,24,28)(H,25,26). The monoisotopic (exact) mass is 409 g/mol. The normalized spacial score (nSPS) is 14.6. The number of methoxy groups -OCH3 is 1. The van der Waals surface area contributed by atoms with Crippen LogP contribution in [-0.4, -0.2) is 41.3 Å². The lowest BCUT2D eigenvalue weighted by Crippen LogP contribution is -2.27. The molecule has 4 rings (SSSR count). The van der Waals surface area contributed by atoms with Crippen molar-refractivity contribution in [2.24, 2.45) is 0 Å². The number of aromatic carboxylic acids is 1. The van der Waals surface area contributed by atoms with Crippen LogP contribution in [0.2, 0.25) is 0 Å². The highest BCUT2D eigenvalue weighted by atomic mass is 16.5. The third-order valence-electron chi connectivity index (χ3n) is 4.93. The zero-order valence-electron chi connectivity index (χ0n) is 16.0. The number of anilines is 2. The van der Waals surface area contributed by atoms with E-state index in [1.54, 1.807) is 6.07 Å². The Morgan fingerprint density at radius 2 is 1.97 bits per heavy atom. The third kappa shape index (κ3) is 3.64. The van der Waals surface area contributed by atoms with Gasteiger partial charge >= 0.3 is 18.0 Å². The molecule has 1 unspecified atom stereocenters. The minimum absolute atomic E-state index is 0.0272. The van der Waals surface area contributed by atoms with E-state index >= 15 is 0 Å². The van der Waals surface area contributed by atoms with E-state index in [0.29, 0.717) is 28.7 Å². The van der Waals surface area contributed by atoms with Crippen molar-refractivity contribution >= 4 is 40.3 Å². The molecule has 1 aliphatic heterocycles. The van der Waals surface area contributed by atoms with Crippen LogP contribution in [0.4, 0.5) is 16.2 Å². The molecular formula is C21H19N3O6. The number of ether oxygens (including phenoxy) is 2. The average molecular weight is 409 g/mol. The highest BCUT2D eigenvalue weighted by Crippen LogP contribution is 2.38. The van der Waals surface area contributed by atoms with Gasteiger partial charge in [-0.05, 0) is 23.3 Å². The van der Waals surface area contributed by atoms with Crippen LogP contribution in [0.3, 0.4) is 0 Å². The van der Waals surface area contributed by atoms with Crippen LogP contribution in [0.5, 0.6) is 0 Å². The number of esters is 1. The fourth-order valence-electron chi connectivity index (χ4n) is 3.51. The zero-order chi connectivity index (χ0) is 21.3. The largest absolute Gasteiger partial charge is 0.477 e. The zero-order valence-corrected chi connectivity index (χ0v) is 16.0. The Balaban J connectivity index is 1.63. The number of amides is 1. The predicted octanol–water partition coefficient (Wildman–Crippen LogP) is 3.12. The number of fused-ring (bicyclic) bond motifs is 3. The fraction of sp³-hybridized carbons (Fsp3) is 0.190. The maximum Gasteiger partial charge on any atom is 0.412 e. The van der Waals surface area contributed by atoms with Gasteiger partial charge in [-0.2, -0.15) is 0 Å². The molecule has 2 aromatic carbocycles. The van der Waals surface area contributed by atoms with Gasteiger partial charge in [0.05, 0.1) is 18.3 Å². The van der Waals surface area contributed by atoms with Crippen LogP contribution >= 0.6 is 0 Å². The first-order chi connectivity index (χ1) is 14.5. The molecule has 1 aromatic heterocycles.